The molecule has 0 bridgehead atoms. The number of aromatic nitrogens is 5. The topological polar surface area (TPSA) is 109 Å². The van der Waals surface area contributed by atoms with E-state index >= 15 is 0 Å². The lowest BCUT2D eigenvalue weighted by molar-refractivity contribution is 0.378. The third kappa shape index (κ3) is 4.60. The van der Waals surface area contributed by atoms with Crippen molar-refractivity contribution in [1.82, 2.24) is 25.3 Å². The maximum atomic E-state index is 5.76. The van der Waals surface area contributed by atoms with Crippen LogP contribution in [-0.4, -0.2) is 45.3 Å². The summed E-state index contributed by atoms with van der Waals surface area (Å²) in [6.07, 6.45) is 4.88. The molecule has 0 saturated carbocycles. The fourth-order valence-corrected chi connectivity index (χ4v) is 3.41. The van der Waals surface area contributed by atoms with Gasteiger partial charge in [0.25, 0.3) is 11.1 Å². The van der Waals surface area contributed by atoms with Gasteiger partial charge in [0.2, 0.25) is 11.7 Å². The molecule has 0 atom stereocenters. The molecule has 0 spiro atoms. The zero-order valence-electron chi connectivity index (χ0n) is 16.4. The number of aryl methyl sites for hydroxylation is 1. The number of nitrogens with zero attached hydrogens (tertiary/aromatic N) is 5. The van der Waals surface area contributed by atoms with Gasteiger partial charge in [-0.1, -0.05) is 16.9 Å². The summed E-state index contributed by atoms with van der Waals surface area (Å²) in [6.45, 7) is 0. The number of hydrogen-bond donors (Lipinski definition) is 0. The second-order valence-electron chi connectivity index (χ2n) is 6.14. The van der Waals surface area contributed by atoms with Crippen LogP contribution in [0.4, 0.5) is 0 Å². The van der Waals surface area contributed by atoms with E-state index in [4.69, 9.17) is 18.4 Å². The minimum absolute atomic E-state index is 0.399. The second kappa shape index (κ2) is 9.40. The van der Waals surface area contributed by atoms with Gasteiger partial charge in [-0.3, -0.25) is 4.98 Å². The van der Waals surface area contributed by atoms with E-state index in [9.17, 15) is 0 Å². The van der Waals surface area contributed by atoms with E-state index in [2.05, 4.69) is 25.3 Å². The molecular formula is C20H19N5O4S. The largest absolute Gasteiger partial charge is 0.497 e. The number of methoxy groups -OCH3 is 2. The highest BCUT2D eigenvalue weighted by Gasteiger charge is 2.15. The monoisotopic (exact) mass is 425 g/mol. The molecule has 0 aliphatic carbocycles. The van der Waals surface area contributed by atoms with E-state index in [1.54, 1.807) is 32.7 Å². The van der Waals surface area contributed by atoms with Gasteiger partial charge in [0, 0.05) is 36.2 Å². The molecule has 4 rings (SSSR count). The lowest BCUT2D eigenvalue weighted by Crippen LogP contribution is -1.90. The van der Waals surface area contributed by atoms with Crippen LogP contribution in [0.15, 0.2) is 56.9 Å². The van der Waals surface area contributed by atoms with Crippen LogP contribution in [0, 0.1) is 0 Å². The van der Waals surface area contributed by atoms with Crippen molar-refractivity contribution in [3.05, 3.63) is 48.6 Å². The molecule has 0 aliphatic heterocycles. The predicted octanol–water partition coefficient (Wildman–Crippen LogP) is 3.92. The van der Waals surface area contributed by atoms with Crippen molar-refractivity contribution in [2.45, 2.75) is 18.1 Å². The molecule has 3 heterocycles. The summed E-state index contributed by atoms with van der Waals surface area (Å²) in [5.41, 5.74) is 1.59. The van der Waals surface area contributed by atoms with Gasteiger partial charge in [-0.25, -0.2) is 0 Å². The van der Waals surface area contributed by atoms with Crippen LogP contribution in [0.5, 0.6) is 11.5 Å². The number of benzene rings is 1. The van der Waals surface area contributed by atoms with E-state index < -0.39 is 0 Å². The summed E-state index contributed by atoms with van der Waals surface area (Å²) in [7, 11) is 3.19. The standard InChI is InChI=1S/C20H19N5O4S/c1-26-14-5-6-15(16(12-14)27-2)19-23-24-20(28-19)30-11-3-4-17-22-18(25-29-17)13-7-9-21-10-8-13/h5-10,12H,3-4,11H2,1-2H3. The third-order valence-electron chi connectivity index (χ3n) is 4.21. The van der Waals surface area contributed by atoms with Crippen LogP contribution in [0.1, 0.15) is 12.3 Å². The highest BCUT2D eigenvalue weighted by molar-refractivity contribution is 7.99. The van der Waals surface area contributed by atoms with Gasteiger partial charge in [0.05, 0.1) is 19.8 Å². The normalized spacial score (nSPS) is 10.9. The first-order valence-electron chi connectivity index (χ1n) is 9.18. The van der Waals surface area contributed by atoms with Crippen LogP contribution in [0.25, 0.3) is 22.8 Å². The zero-order valence-corrected chi connectivity index (χ0v) is 17.3. The molecule has 30 heavy (non-hydrogen) atoms. The van der Waals surface area contributed by atoms with Crippen molar-refractivity contribution < 1.29 is 18.4 Å². The molecule has 0 aliphatic rings. The molecular weight excluding hydrogens is 406 g/mol. The Balaban J connectivity index is 1.31. The maximum absolute atomic E-state index is 5.76. The molecule has 154 valence electrons. The summed E-state index contributed by atoms with van der Waals surface area (Å²) in [5, 5.41) is 12.7. The molecule has 3 aromatic heterocycles. The SMILES string of the molecule is COc1ccc(-c2nnc(SCCCc3nc(-c4ccncc4)no3)o2)c(OC)c1. The Hall–Kier alpha value is -3.40. The molecule has 0 fully saturated rings. The third-order valence-corrected chi connectivity index (χ3v) is 5.12. The summed E-state index contributed by atoms with van der Waals surface area (Å²) < 4.78 is 21.7. The average molecular weight is 425 g/mol. The van der Waals surface area contributed by atoms with E-state index in [1.165, 1.54) is 11.8 Å². The van der Waals surface area contributed by atoms with Gasteiger partial charge in [0.15, 0.2) is 0 Å². The number of hydrogen-bond acceptors (Lipinski definition) is 10. The summed E-state index contributed by atoms with van der Waals surface area (Å²) in [4.78, 5) is 8.40. The van der Waals surface area contributed by atoms with E-state index in [0.29, 0.717) is 46.3 Å². The summed E-state index contributed by atoms with van der Waals surface area (Å²) in [5.74, 6) is 3.63. The Bertz CT molecular complexity index is 1100. The van der Waals surface area contributed by atoms with Crippen molar-refractivity contribution in [3.8, 4) is 34.3 Å². The predicted molar refractivity (Wildman–Crippen MR) is 109 cm³/mol. The Kier molecular flexibility index (Phi) is 6.23. The minimum atomic E-state index is 0.399. The van der Waals surface area contributed by atoms with E-state index in [-0.39, 0.29) is 0 Å². The van der Waals surface area contributed by atoms with Crippen molar-refractivity contribution in [1.29, 1.82) is 0 Å². The quantitative estimate of drug-likeness (QED) is 0.289. The number of thioether (sulfide) groups is 1. The van der Waals surface area contributed by atoms with Gasteiger partial charge in [-0.15, -0.1) is 10.2 Å². The average Bonchev–Trinajstić information content (AvgIpc) is 3.47. The Morgan fingerprint density at radius 3 is 2.70 bits per heavy atom. The van der Waals surface area contributed by atoms with E-state index in [1.807, 2.05) is 24.3 Å². The van der Waals surface area contributed by atoms with Crippen LogP contribution >= 0.6 is 11.8 Å². The van der Waals surface area contributed by atoms with Crippen LogP contribution < -0.4 is 9.47 Å². The highest BCUT2D eigenvalue weighted by atomic mass is 32.2. The first-order chi connectivity index (χ1) is 14.8. The fraction of sp³-hybridized carbons (Fsp3) is 0.250. The molecule has 0 saturated heterocycles. The maximum Gasteiger partial charge on any atom is 0.276 e. The Labute approximate surface area is 176 Å². The van der Waals surface area contributed by atoms with E-state index in [0.717, 1.165) is 17.7 Å². The summed E-state index contributed by atoms with van der Waals surface area (Å²) >= 11 is 1.48. The molecule has 0 amide bonds. The smallest absolute Gasteiger partial charge is 0.276 e. The molecule has 1 aromatic carbocycles. The van der Waals surface area contributed by atoms with Gasteiger partial charge in [-0.05, 0) is 30.7 Å². The highest BCUT2D eigenvalue weighted by Crippen LogP contribution is 2.33. The van der Waals surface area contributed by atoms with Crippen molar-refractivity contribution in [2.75, 3.05) is 20.0 Å². The fourth-order valence-electron chi connectivity index (χ4n) is 2.71. The molecule has 10 heteroatoms. The van der Waals surface area contributed by atoms with Crippen LogP contribution in [0.3, 0.4) is 0 Å². The van der Waals surface area contributed by atoms with Gasteiger partial charge >= 0.3 is 0 Å². The number of rotatable bonds is 9. The van der Waals surface area contributed by atoms with Crippen LogP contribution in [-0.2, 0) is 6.42 Å². The van der Waals surface area contributed by atoms with Gasteiger partial charge in [0.1, 0.15) is 11.5 Å². The Morgan fingerprint density at radius 2 is 1.90 bits per heavy atom. The minimum Gasteiger partial charge on any atom is -0.497 e. The second-order valence-corrected chi connectivity index (χ2v) is 7.19. The van der Waals surface area contributed by atoms with Gasteiger partial charge in [-0.2, -0.15) is 4.98 Å². The lowest BCUT2D eigenvalue weighted by atomic mass is 10.2. The van der Waals surface area contributed by atoms with Crippen LogP contribution in [0.2, 0.25) is 0 Å². The first kappa shape index (κ1) is 19.9. The number of ether oxygens (including phenoxy) is 2. The molecule has 4 aromatic rings. The molecule has 0 unspecified atom stereocenters. The molecule has 0 N–H and O–H groups in total. The van der Waals surface area contributed by atoms with Crippen molar-refractivity contribution in [3.63, 3.8) is 0 Å². The first-order valence-corrected chi connectivity index (χ1v) is 10.2. The lowest BCUT2D eigenvalue weighted by Gasteiger charge is -2.07. The number of pyridine rings is 1. The van der Waals surface area contributed by atoms with Crippen molar-refractivity contribution in [2.24, 2.45) is 0 Å². The zero-order chi connectivity index (χ0) is 20.8. The molecule has 9 nitrogen and oxygen atoms in total. The molecule has 0 radical (unpaired) electrons. The van der Waals surface area contributed by atoms with Crippen molar-refractivity contribution >= 4 is 11.8 Å². The summed E-state index contributed by atoms with van der Waals surface area (Å²) in [6, 6.07) is 9.11. The van der Waals surface area contributed by atoms with Gasteiger partial charge < -0.3 is 18.4 Å². The Morgan fingerprint density at radius 1 is 1.03 bits per heavy atom.